The van der Waals surface area contributed by atoms with Crippen LogP contribution in [0.3, 0.4) is 0 Å². The molecule has 2 N–H and O–H groups in total. The lowest BCUT2D eigenvalue weighted by molar-refractivity contribution is 0.0156. The molecule has 0 aliphatic carbocycles. The molecule has 1 fully saturated rings. The molecular formula is C24H25F2N7O2. The molecule has 0 radical (unpaired) electrons. The van der Waals surface area contributed by atoms with E-state index in [4.69, 9.17) is 17.0 Å². The second kappa shape index (κ2) is 9.29. The topological polar surface area (TPSA) is 102 Å². The maximum absolute atomic E-state index is 15.5. The largest absolute Gasteiger partial charge is 0.444 e. The first-order chi connectivity index (χ1) is 16.6. The molecule has 0 unspecified atom stereocenters. The van der Waals surface area contributed by atoms with Gasteiger partial charge in [-0.2, -0.15) is 0 Å². The van der Waals surface area contributed by atoms with Crippen molar-refractivity contribution in [3.63, 3.8) is 0 Å². The third-order valence-corrected chi connectivity index (χ3v) is 5.60. The van der Waals surface area contributed by atoms with Crippen molar-refractivity contribution in [2.75, 3.05) is 36.8 Å². The van der Waals surface area contributed by atoms with Gasteiger partial charge in [0.05, 0.1) is 10.9 Å². The van der Waals surface area contributed by atoms with Crippen LogP contribution in [0.1, 0.15) is 20.8 Å². The molecular weight excluding hydrogens is 456 g/mol. The number of hydrogen-bond acceptors (Lipinski definition) is 7. The molecule has 35 heavy (non-hydrogen) atoms. The summed E-state index contributed by atoms with van der Waals surface area (Å²) >= 11 is 0. The Morgan fingerprint density at radius 2 is 2.03 bits per heavy atom. The van der Waals surface area contributed by atoms with Crippen molar-refractivity contribution in [2.24, 2.45) is 0 Å². The van der Waals surface area contributed by atoms with Gasteiger partial charge in [-0.1, -0.05) is 6.07 Å². The number of aromatic nitrogens is 3. The van der Waals surface area contributed by atoms with Crippen LogP contribution in [0.4, 0.5) is 25.1 Å². The second-order valence-corrected chi connectivity index (χ2v) is 9.20. The fourth-order valence-electron chi connectivity index (χ4n) is 4.07. The van der Waals surface area contributed by atoms with Gasteiger partial charge in [-0.15, -0.1) is 0 Å². The fourth-order valence-corrected chi connectivity index (χ4v) is 4.07. The number of carbonyl (C=O) groups excluding carboxylic acids is 1. The number of ether oxygens (including phenoxy) is 1. The summed E-state index contributed by atoms with van der Waals surface area (Å²) in [5.41, 5.74) is 4.88. The molecule has 1 aliphatic heterocycles. The Kier molecular flexibility index (Phi) is 6.39. The van der Waals surface area contributed by atoms with E-state index in [2.05, 4.69) is 19.8 Å². The van der Waals surface area contributed by atoms with E-state index in [1.165, 1.54) is 30.7 Å². The third kappa shape index (κ3) is 4.77. The average molecular weight is 482 g/mol. The Balaban J connectivity index is 1.69. The van der Waals surface area contributed by atoms with Crippen LogP contribution in [0, 0.1) is 18.2 Å². The highest BCUT2D eigenvalue weighted by molar-refractivity contribution is 5.92. The minimum atomic E-state index is -0.812. The summed E-state index contributed by atoms with van der Waals surface area (Å²) in [5.74, 6) is -1.09. The molecule has 3 heterocycles. The lowest BCUT2D eigenvalue weighted by atomic mass is 10.1. The fraction of sp³-hybridized carbons (Fsp3) is 0.375. The van der Waals surface area contributed by atoms with E-state index in [1.54, 1.807) is 25.7 Å². The number of anilines is 2. The highest BCUT2D eigenvalue weighted by atomic mass is 19.1. The van der Waals surface area contributed by atoms with Crippen LogP contribution in [0.15, 0.2) is 30.7 Å². The van der Waals surface area contributed by atoms with Crippen LogP contribution in [-0.4, -0.2) is 63.8 Å². The normalized spacial score (nSPS) is 16.3. The molecule has 1 aromatic carbocycles. The zero-order valence-electron chi connectivity index (χ0n) is 19.6. The van der Waals surface area contributed by atoms with E-state index in [0.717, 1.165) is 0 Å². The molecule has 4 rings (SSSR count). The molecule has 2 aromatic heterocycles. The second-order valence-electron chi connectivity index (χ2n) is 9.20. The van der Waals surface area contributed by atoms with Crippen LogP contribution >= 0.6 is 0 Å². The number of nitrogens with zero attached hydrogens (tertiary/aromatic N) is 6. The van der Waals surface area contributed by atoms with Gasteiger partial charge in [0.25, 0.3) is 0 Å². The molecule has 11 heteroatoms. The molecule has 3 aromatic rings. The van der Waals surface area contributed by atoms with Gasteiger partial charge in [0.2, 0.25) is 6.54 Å². The van der Waals surface area contributed by atoms with E-state index in [-0.39, 0.29) is 35.6 Å². The van der Waals surface area contributed by atoms with Crippen molar-refractivity contribution in [3.05, 3.63) is 53.8 Å². The van der Waals surface area contributed by atoms with E-state index in [9.17, 15) is 9.18 Å². The first-order valence-corrected chi connectivity index (χ1v) is 11.0. The molecule has 0 saturated carbocycles. The molecule has 0 spiro atoms. The predicted molar refractivity (Wildman–Crippen MR) is 128 cm³/mol. The highest BCUT2D eigenvalue weighted by Crippen LogP contribution is 2.34. The summed E-state index contributed by atoms with van der Waals surface area (Å²) in [4.78, 5) is 32.1. The molecule has 182 valence electrons. The number of halogens is 2. The molecule has 9 nitrogen and oxygen atoms in total. The molecule has 1 atom stereocenters. The Morgan fingerprint density at radius 1 is 1.26 bits per heavy atom. The van der Waals surface area contributed by atoms with E-state index in [0.29, 0.717) is 24.3 Å². The number of nitrogens with two attached hydrogens (primary N) is 1. The number of piperazine rings is 1. The van der Waals surface area contributed by atoms with E-state index >= 15 is 4.39 Å². The number of pyridine rings is 1. The van der Waals surface area contributed by atoms with Crippen molar-refractivity contribution < 1.29 is 18.3 Å². The van der Waals surface area contributed by atoms with Crippen LogP contribution < -0.4 is 10.6 Å². The van der Waals surface area contributed by atoms with Gasteiger partial charge in [0.15, 0.2) is 5.82 Å². The number of carbonyl (C=O) groups is 1. The Hall–Kier alpha value is -4.07. The van der Waals surface area contributed by atoms with E-state index < -0.39 is 29.4 Å². The van der Waals surface area contributed by atoms with Gasteiger partial charge < -0.3 is 20.2 Å². The highest BCUT2D eigenvalue weighted by Gasteiger charge is 2.36. The van der Waals surface area contributed by atoms with Gasteiger partial charge in [-0.05, 0) is 32.9 Å². The average Bonchev–Trinajstić information content (AvgIpc) is 2.79. The third-order valence-electron chi connectivity index (χ3n) is 5.60. The van der Waals surface area contributed by atoms with E-state index in [1.807, 2.05) is 4.90 Å². The molecule has 1 saturated heterocycles. The number of benzene rings is 1. The SMILES string of the molecule is [C-]#[N+]C[C@H]1CN(c2ncnc3c(F)c(-c4c(N)cccc4F)ncc23)CCN1C(=O)OC(C)(C)C. The standard InChI is InChI=1S/C24H25F2N7O2/c1-24(2,3)35-23(34)33-9-8-32(12-14(33)10-28-4)22-15-11-29-21(19(26)20(15)30-13-31-22)18-16(25)6-5-7-17(18)27/h5-7,11,13-14H,8-10,12,27H2,1-3H3/t14-/m0/s1. The lowest BCUT2D eigenvalue weighted by Crippen LogP contribution is -2.57. The monoisotopic (exact) mass is 481 g/mol. The predicted octanol–water partition coefficient (Wildman–Crippen LogP) is 3.90. The van der Waals surface area contributed by atoms with Crippen LogP contribution in [0.25, 0.3) is 27.0 Å². The quantitative estimate of drug-likeness (QED) is 0.447. The molecule has 1 amide bonds. The first-order valence-electron chi connectivity index (χ1n) is 11.0. The van der Waals surface area contributed by atoms with Gasteiger partial charge in [0, 0.05) is 31.5 Å². The smallest absolute Gasteiger partial charge is 0.410 e. The van der Waals surface area contributed by atoms with Gasteiger partial charge >= 0.3 is 6.09 Å². The maximum atomic E-state index is 15.5. The minimum absolute atomic E-state index is 0.0287. The van der Waals surface area contributed by atoms with Crippen molar-refractivity contribution in [1.29, 1.82) is 0 Å². The first kappa shape index (κ1) is 24.1. The Morgan fingerprint density at radius 3 is 2.71 bits per heavy atom. The lowest BCUT2D eigenvalue weighted by Gasteiger charge is -2.40. The summed E-state index contributed by atoms with van der Waals surface area (Å²) in [7, 11) is 0. The number of fused-ring (bicyclic) bond motifs is 1. The summed E-state index contributed by atoms with van der Waals surface area (Å²) in [6, 6.07) is 3.64. The zero-order valence-corrected chi connectivity index (χ0v) is 19.6. The maximum Gasteiger partial charge on any atom is 0.410 e. The van der Waals surface area contributed by atoms with Gasteiger partial charge in [-0.3, -0.25) is 9.88 Å². The molecule has 0 bridgehead atoms. The number of hydrogen-bond donors (Lipinski definition) is 1. The number of rotatable bonds is 3. The van der Waals surface area contributed by atoms with Crippen molar-refractivity contribution in [3.8, 4) is 11.3 Å². The van der Waals surface area contributed by atoms with Crippen molar-refractivity contribution in [1.82, 2.24) is 19.9 Å². The number of amides is 1. The summed E-state index contributed by atoms with van der Waals surface area (Å²) < 4.78 is 35.4. The van der Waals surface area contributed by atoms with Crippen LogP contribution in [0.2, 0.25) is 0 Å². The number of nitrogen functional groups attached to an aromatic ring is 1. The summed E-state index contributed by atoms with van der Waals surface area (Å²) in [6.45, 7) is 13.7. The summed E-state index contributed by atoms with van der Waals surface area (Å²) in [5, 5.41) is 0.330. The van der Waals surface area contributed by atoms with Crippen molar-refractivity contribution >= 4 is 28.5 Å². The van der Waals surface area contributed by atoms with Crippen molar-refractivity contribution in [2.45, 2.75) is 32.4 Å². The zero-order chi connectivity index (χ0) is 25.3. The molecule has 1 aliphatic rings. The van der Waals surface area contributed by atoms with Crippen LogP contribution in [-0.2, 0) is 4.74 Å². The minimum Gasteiger partial charge on any atom is -0.444 e. The van der Waals surface area contributed by atoms with Gasteiger partial charge in [0.1, 0.15) is 40.8 Å². The Labute approximate surface area is 201 Å². The Bertz CT molecular complexity index is 1300. The summed E-state index contributed by atoms with van der Waals surface area (Å²) in [6.07, 6.45) is 2.12. The van der Waals surface area contributed by atoms with Crippen LogP contribution in [0.5, 0.6) is 0 Å². The van der Waals surface area contributed by atoms with Gasteiger partial charge in [-0.25, -0.2) is 30.1 Å².